The molecule has 8 nitrogen and oxygen atoms in total. The van der Waals surface area contributed by atoms with Gasteiger partial charge in [0.25, 0.3) is 5.56 Å². The lowest BCUT2D eigenvalue weighted by Gasteiger charge is -2.13. The number of carbonyl (C=O) groups excluding carboxylic acids is 1. The van der Waals surface area contributed by atoms with Crippen LogP contribution in [0.5, 0.6) is 11.5 Å². The molecule has 34 heavy (non-hydrogen) atoms. The number of ether oxygens (including phenoxy) is 2. The van der Waals surface area contributed by atoms with Crippen molar-refractivity contribution in [2.75, 3.05) is 7.11 Å². The second kappa shape index (κ2) is 10.1. The molecule has 4 rings (SSSR count). The molecular weight excluding hydrogens is 432 g/mol. The Morgan fingerprint density at radius 1 is 1.03 bits per heavy atom. The van der Waals surface area contributed by atoms with Crippen LogP contribution in [0, 0.1) is 0 Å². The summed E-state index contributed by atoms with van der Waals surface area (Å²) >= 11 is 0. The molecule has 0 saturated carbocycles. The van der Waals surface area contributed by atoms with E-state index < -0.39 is 5.97 Å². The van der Waals surface area contributed by atoms with Crippen molar-refractivity contribution in [2.24, 2.45) is 0 Å². The van der Waals surface area contributed by atoms with E-state index >= 15 is 0 Å². The number of hydrogen-bond donors (Lipinski definition) is 1. The average Bonchev–Trinajstić information content (AvgIpc) is 2.86. The number of nitrogens with one attached hydrogen (secondary N) is 1. The van der Waals surface area contributed by atoms with Crippen LogP contribution in [-0.4, -0.2) is 33.2 Å². The summed E-state index contributed by atoms with van der Waals surface area (Å²) < 4.78 is 10.9. The van der Waals surface area contributed by atoms with Crippen molar-refractivity contribution in [3.05, 3.63) is 99.9 Å². The van der Waals surface area contributed by atoms with Gasteiger partial charge in [0.1, 0.15) is 17.2 Å². The fourth-order valence-corrected chi connectivity index (χ4v) is 3.35. The monoisotopic (exact) mass is 456 g/mol. The van der Waals surface area contributed by atoms with Gasteiger partial charge in [-0.05, 0) is 54.4 Å². The van der Waals surface area contributed by atoms with E-state index in [2.05, 4.69) is 34.0 Å². The number of aromatic nitrogens is 4. The number of benzene rings is 2. The average molecular weight is 457 g/mol. The number of aromatic amines is 1. The zero-order valence-electron chi connectivity index (χ0n) is 19.1. The molecule has 0 atom stereocenters. The maximum Gasteiger partial charge on any atom is 0.337 e. The minimum Gasteiger partial charge on any atom is -0.465 e. The first-order valence-electron chi connectivity index (χ1n) is 10.8. The van der Waals surface area contributed by atoms with Gasteiger partial charge < -0.3 is 14.5 Å². The Labute approximate surface area is 196 Å². The summed E-state index contributed by atoms with van der Waals surface area (Å²) in [5, 5.41) is 8.59. The van der Waals surface area contributed by atoms with Crippen molar-refractivity contribution < 1.29 is 14.3 Å². The van der Waals surface area contributed by atoms with Crippen LogP contribution in [0.2, 0.25) is 0 Å². The predicted octanol–water partition coefficient (Wildman–Crippen LogP) is 4.52. The van der Waals surface area contributed by atoms with Crippen molar-refractivity contribution in [2.45, 2.75) is 26.2 Å². The molecule has 0 saturated heterocycles. The van der Waals surface area contributed by atoms with E-state index in [1.807, 2.05) is 36.4 Å². The van der Waals surface area contributed by atoms with E-state index in [4.69, 9.17) is 9.47 Å². The fourth-order valence-electron chi connectivity index (χ4n) is 3.35. The molecule has 4 aromatic rings. The van der Waals surface area contributed by atoms with Crippen molar-refractivity contribution in [3.63, 3.8) is 0 Å². The molecule has 0 aliphatic heterocycles. The molecule has 0 unspecified atom stereocenters. The molecule has 0 spiro atoms. The standard InChI is InChI=1S/C26H24N4O4/c1-16(2)21-10-11-22(30-29-21)17-6-8-20(9-7-17)34-24-15-19(26(32)33-3)5-4-18(24)14-23-25(31)28-13-12-27-23/h4-13,15-16H,14H2,1-3H3,(H,28,31). The fraction of sp³-hybridized carbons (Fsp3) is 0.192. The normalized spacial score (nSPS) is 10.8. The van der Waals surface area contributed by atoms with E-state index in [1.54, 1.807) is 18.2 Å². The van der Waals surface area contributed by atoms with Crippen LogP contribution in [0.25, 0.3) is 11.3 Å². The van der Waals surface area contributed by atoms with Crippen LogP contribution in [0.3, 0.4) is 0 Å². The van der Waals surface area contributed by atoms with Crippen molar-refractivity contribution in [1.29, 1.82) is 0 Å². The van der Waals surface area contributed by atoms with Gasteiger partial charge in [0.2, 0.25) is 0 Å². The third-order valence-electron chi connectivity index (χ3n) is 5.28. The zero-order valence-corrected chi connectivity index (χ0v) is 19.1. The molecule has 2 heterocycles. The van der Waals surface area contributed by atoms with Crippen LogP contribution in [0.4, 0.5) is 0 Å². The van der Waals surface area contributed by atoms with Gasteiger partial charge in [0.05, 0.1) is 24.1 Å². The highest BCUT2D eigenvalue weighted by molar-refractivity contribution is 5.90. The molecule has 0 bridgehead atoms. The lowest BCUT2D eigenvalue weighted by molar-refractivity contribution is 0.0600. The minimum absolute atomic E-state index is 0.239. The third kappa shape index (κ3) is 5.17. The molecule has 172 valence electrons. The molecule has 2 aromatic carbocycles. The highest BCUT2D eigenvalue weighted by Gasteiger charge is 2.14. The van der Waals surface area contributed by atoms with Crippen LogP contribution < -0.4 is 10.3 Å². The predicted molar refractivity (Wildman–Crippen MR) is 127 cm³/mol. The Balaban J connectivity index is 1.61. The number of carbonyl (C=O) groups is 1. The number of nitrogens with zero attached hydrogens (tertiary/aromatic N) is 3. The van der Waals surface area contributed by atoms with Gasteiger partial charge in [0.15, 0.2) is 0 Å². The van der Waals surface area contributed by atoms with Gasteiger partial charge in [-0.2, -0.15) is 10.2 Å². The Morgan fingerprint density at radius 3 is 2.47 bits per heavy atom. The van der Waals surface area contributed by atoms with Crippen LogP contribution in [0.1, 0.15) is 47.1 Å². The van der Waals surface area contributed by atoms with Crippen molar-refractivity contribution in [3.8, 4) is 22.8 Å². The van der Waals surface area contributed by atoms with Gasteiger partial charge in [-0.3, -0.25) is 9.78 Å². The Hall–Kier alpha value is -4.33. The molecule has 0 amide bonds. The van der Waals surface area contributed by atoms with E-state index in [1.165, 1.54) is 19.5 Å². The highest BCUT2D eigenvalue weighted by atomic mass is 16.5. The molecule has 8 heteroatoms. The highest BCUT2D eigenvalue weighted by Crippen LogP contribution is 2.30. The zero-order chi connectivity index (χ0) is 24.1. The number of rotatable bonds is 7. The first kappa shape index (κ1) is 22.8. The van der Waals surface area contributed by atoms with Gasteiger partial charge in [-0.25, -0.2) is 4.79 Å². The van der Waals surface area contributed by atoms with E-state index in [0.29, 0.717) is 34.2 Å². The number of hydrogen-bond acceptors (Lipinski definition) is 7. The molecule has 1 N–H and O–H groups in total. The molecule has 0 radical (unpaired) electrons. The Bertz CT molecular complexity index is 1350. The molecule has 0 aliphatic rings. The second-order valence-corrected chi connectivity index (χ2v) is 7.98. The summed E-state index contributed by atoms with van der Waals surface area (Å²) in [4.78, 5) is 30.9. The first-order chi connectivity index (χ1) is 16.4. The number of esters is 1. The first-order valence-corrected chi connectivity index (χ1v) is 10.8. The second-order valence-electron chi connectivity index (χ2n) is 7.98. The van der Waals surface area contributed by atoms with E-state index in [0.717, 1.165) is 17.0 Å². The topological polar surface area (TPSA) is 107 Å². The number of methoxy groups -OCH3 is 1. The van der Waals surface area contributed by atoms with Crippen LogP contribution in [0.15, 0.2) is 71.8 Å². The summed E-state index contributed by atoms with van der Waals surface area (Å²) in [5.41, 5.74) is 3.71. The SMILES string of the molecule is COC(=O)c1ccc(Cc2ncc[nH]c2=O)c(Oc2ccc(-c3ccc(C(C)C)nn3)cc2)c1. The van der Waals surface area contributed by atoms with Gasteiger partial charge in [0, 0.05) is 29.9 Å². The van der Waals surface area contributed by atoms with E-state index in [9.17, 15) is 9.59 Å². The Kier molecular flexibility index (Phi) is 6.77. The van der Waals surface area contributed by atoms with Gasteiger partial charge in [-0.1, -0.05) is 19.9 Å². The van der Waals surface area contributed by atoms with Crippen molar-refractivity contribution >= 4 is 5.97 Å². The van der Waals surface area contributed by atoms with Gasteiger partial charge in [-0.15, -0.1) is 0 Å². The Morgan fingerprint density at radius 2 is 1.82 bits per heavy atom. The smallest absolute Gasteiger partial charge is 0.337 e. The quantitative estimate of drug-likeness (QED) is 0.407. The van der Waals surface area contributed by atoms with Gasteiger partial charge >= 0.3 is 5.97 Å². The van der Waals surface area contributed by atoms with E-state index in [-0.39, 0.29) is 12.0 Å². The molecule has 0 aliphatic carbocycles. The largest absolute Gasteiger partial charge is 0.465 e. The van der Waals surface area contributed by atoms with Crippen molar-refractivity contribution in [1.82, 2.24) is 20.2 Å². The maximum atomic E-state index is 12.1. The summed E-state index contributed by atoms with van der Waals surface area (Å²) in [7, 11) is 1.32. The third-order valence-corrected chi connectivity index (χ3v) is 5.28. The molecular formula is C26H24N4O4. The minimum atomic E-state index is -0.481. The number of H-pyrrole nitrogens is 1. The van der Waals surface area contributed by atoms with Crippen LogP contribution >= 0.6 is 0 Å². The lowest BCUT2D eigenvalue weighted by Crippen LogP contribution is -2.14. The maximum absolute atomic E-state index is 12.1. The summed E-state index contributed by atoms with van der Waals surface area (Å²) in [6.07, 6.45) is 3.24. The molecule has 0 fully saturated rings. The molecule has 2 aromatic heterocycles. The van der Waals surface area contributed by atoms with Crippen LogP contribution in [-0.2, 0) is 11.2 Å². The summed E-state index contributed by atoms with van der Waals surface area (Å²) in [5.74, 6) is 0.829. The summed E-state index contributed by atoms with van der Waals surface area (Å²) in [6.45, 7) is 4.15. The lowest BCUT2D eigenvalue weighted by atomic mass is 10.1. The summed E-state index contributed by atoms with van der Waals surface area (Å²) in [6, 6.07) is 16.3.